The van der Waals surface area contributed by atoms with Crippen molar-refractivity contribution < 1.29 is 9.18 Å². The monoisotopic (exact) mass is 390 g/mol. The van der Waals surface area contributed by atoms with E-state index >= 15 is 0 Å². The molecule has 3 N–H and O–H groups in total. The van der Waals surface area contributed by atoms with Crippen molar-refractivity contribution in [1.82, 2.24) is 9.55 Å². The molecular formula is C20H27FN4O3. The third kappa shape index (κ3) is 4.68. The number of nitrogen functional groups attached to an aromatic ring is 1. The standard InChI is InChI=1S/C20H27FN4O3/c1-3-5-9-13-24(19(27)14-10-7-8-11-15(14)21)16-17(22)25(12-6-4-2)20(28)23-18(16)26/h7-8,10-11H,3-6,9,12-13,22H2,1-2H3,(H,23,26,28). The lowest BCUT2D eigenvalue weighted by atomic mass is 10.1. The molecule has 0 saturated heterocycles. The molecular weight excluding hydrogens is 363 g/mol. The van der Waals surface area contributed by atoms with Crippen molar-refractivity contribution in [2.45, 2.75) is 52.5 Å². The van der Waals surface area contributed by atoms with Gasteiger partial charge in [-0.05, 0) is 25.0 Å². The molecule has 0 unspecified atom stereocenters. The van der Waals surface area contributed by atoms with E-state index in [1.54, 1.807) is 6.07 Å². The number of amides is 1. The molecule has 28 heavy (non-hydrogen) atoms. The maximum absolute atomic E-state index is 14.2. The average molecular weight is 390 g/mol. The van der Waals surface area contributed by atoms with Gasteiger partial charge in [0.2, 0.25) is 0 Å². The summed E-state index contributed by atoms with van der Waals surface area (Å²) in [6.07, 6.45) is 3.86. The van der Waals surface area contributed by atoms with Gasteiger partial charge in [-0.3, -0.25) is 19.1 Å². The van der Waals surface area contributed by atoms with Crippen molar-refractivity contribution in [3.8, 4) is 0 Å². The summed E-state index contributed by atoms with van der Waals surface area (Å²) in [5.74, 6) is -1.42. The molecule has 1 aromatic heterocycles. The van der Waals surface area contributed by atoms with E-state index in [1.165, 1.54) is 27.7 Å². The number of carbonyl (C=O) groups excluding carboxylic acids is 1. The highest BCUT2D eigenvalue weighted by molar-refractivity contribution is 6.07. The Morgan fingerprint density at radius 2 is 1.82 bits per heavy atom. The highest BCUT2D eigenvalue weighted by Gasteiger charge is 2.26. The number of aromatic amines is 1. The molecule has 0 atom stereocenters. The normalized spacial score (nSPS) is 10.8. The predicted molar refractivity (Wildman–Crippen MR) is 108 cm³/mol. The molecule has 0 aliphatic heterocycles. The number of halogens is 1. The van der Waals surface area contributed by atoms with Crippen LogP contribution in [0.15, 0.2) is 33.9 Å². The van der Waals surface area contributed by atoms with E-state index in [4.69, 9.17) is 5.73 Å². The fourth-order valence-corrected chi connectivity index (χ4v) is 2.99. The van der Waals surface area contributed by atoms with Gasteiger partial charge in [0, 0.05) is 13.1 Å². The first-order valence-corrected chi connectivity index (χ1v) is 9.61. The van der Waals surface area contributed by atoms with Crippen molar-refractivity contribution in [2.75, 3.05) is 17.2 Å². The second-order valence-electron chi connectivity index (χ2n) is 6.64. The number of rotatable bonds is 9. The summed E-state index contributed by atoms with van der Waals surface area (Å²) in [6, 6.07) is 5.59. The van der Waals surface area contributed by atoms with Crippen LogP contribution >= 0.6 is 0 Å². The SMILES string of the molecule is CCCCCN(C(=O)c1ccccc1F)c1c(N)n(CCCC)c(=O)[nH]c1=O. The van der Waals surface area contributed by atoms with Crippen molar-refractivity contribution in [1.29, 1.82) is 0 Å². The van der Waals surface area contributed by atoms with E-state index in [0.29, 0.717) is 19.4 Å². The van der Waals surface area contributed by atoms with Crippen LogP contribution in [0.2, 0.25) is 0 Å². The van der Waals surface area contributed by atoms with E-state index in [0.717, 1.165) is 19.3 Å². The smallest absolute Gasteiger partial charge is 0.330 e. The number of benzene rings is 1. The highest BCUT2D eigenvalue weighted by Crippen LogP contribution is 2.21. The zero-order valence-electron chi connectivity index (χ0n) is 16.3. The minimum Gasteiger partial charge on any atom is -0.383 e. The first-order chi connectivity index (χ1) is 13.4. The molecule has 0 aliphatic rings. The number of nitrogens with one attached hydrogen (secondary N) is 1. The summed E-state index contributed by atoms with van der Waals surface area (Å²) in [7, 11) is 0. The third-order valence-corrected chi connectivity index (χ3v) is 4.55. The van der Waals surface area contributed by atoms with Crippen LogP contribution in [0.1, 0.15) is 56.3 Å². The van der Waals surface area contributed by atoms with Gasteiger partial charge < -0.3 is 10.6 Å². The lowest BCUT2D eigenvalue weighted by Gasteiger charge is -2.25. The van der Waals surface area contributed by atoms with Gasteiger partial charge in [0.1, 0.15) is 11.6 Å². The molecule has 152 valence electrons. The van der Waals surface area contributed by atoms with Crippen LogP contribution in [-0.2, 0) is 6.54 Å². The molecule has 1 heterocycles. The van der Waals surface area contributed by atoms with E-state index in [-0.39, 0.29) is 23.6 Å². The second kappa shape index (κ2) is 9.87. The van der Waals surface area contributed by atoms with E-state index in [2.05, 4.69) is 4.98 Å². The predicted octanol–water partition coefficient (Wildman–Crippen LogP) is 2.90. The minimum atomic E-state index is -0.753. The quantitative estimate of drug-likeness (QED) is 0.643. The average Bonchev–Trinajstić information content (AvgIpc) is 2.66. The molecule has 0 radical (unpaired) electrons. The summed E-state index contributed by atoms with van der Waals surface area (Å²) < 4.78 is 15.4. The Balaban J connectivity index is 2.57. The molecule has 2 rings (SSSR count). The van der Waals surface area contributed by atoms with Crippen molar-refractivity contribution >= 4 is 17.4 Å². The largest absolute Gasteiger partial charge is 0.383 e. The zero-order chi connectivity index (χ0) is 20.7. The van der Waals surface area contributed by atoms with Gasteiger partial charge in [-0.1, -0.05) is 45.2 Å². The molecule has 7 nitrogen and oxygen atoms in total. The van der Waals surface area contributed by atoms with Crippen molar-refractivity contribution in [3.63, 3.8) is 0 Å². The molecule has 0 aliphatic carbocycles. The number of hydrogen-bond donors (Lipinski definition) is 2. The molecule has 0 saturated carbocycles. The second-order valence-corrected chi connectivity index (χ2v) is 6.64. The number of carbonyl (C=O) groups is 1. The Kier molecular flexibility index (Phi) is 7.54. The van der Waals surface area contributed by atoms with Crippen LogP contribution in [0.25, 0.3) is 0 Å². The maximum atomic E-state index is 14.2. The fourth-order valence-electron chi connectivity index (χ4n) is 2.99. The van der Waals surface area contributed by atoms with Crippen LogP contribution in [-0.4, -0.2) is 22.0 Å². The molecule has 8 heteroatoms. The number of H-pyrrole nitrogens is 1. The number of hydrogen-bond acceptors (Lipinski definition) is 4. The van der Waals surface area contributed by atoms with Crippen molar-refractivity contribution in [2.24, 2.45) is 0 Å². The van der Waals surface area contributed by atoms with Crippen LogP contribution < -0.4 is 21.9 Å². The Bertz CT molecular complexity index is 936. The van der Waals surface area contributed by atoms with Gasteiger partial charge in [-0.2, -0.15) is 0 Å². The fraction of sp³-hybridized carbons (Fsp3) is 0.450. The lowest BCUT2D eigenvalue weighted by Crippen LogP contribution is -2.42. The van der Waals surface area contributed by atoms with Crippen LogP contribution in [0.4, 0.5) is 15.9 Å². The topological polar surface area (TPSA) is 101 Å². The summed E-state index contributed by atoms with van der Waals surface area (Å²) in [5.41, 5.74) is 4.51. The lowest BCUT2D eigenvalue weighted by molar-refractivity contribution is 0.0982. The molecule has 0 spiro atoms. The van der Waals surface area contributed by atoms with Gasteiger partial charge in [0.15, 0.2) is 5.69 Å². The number of anilines is 2. The molecule has 0 bridgehead atoms. The Labute approximate surface area is 163 Å². The Hall–Kier alpha value is -2.90. The van der Waals surface area contributed by atoms with E-state index in [1.807, 2.05) is 13.8 Å². The number of nitrogens with two attached hydrogens (primary N) is 1. The molecule has 1 aromatic carbocycles. The summed E-state index contributed by atoms with van der Waals surface area (Å²) in [4.78, 5) is 41.2. The van der Waals surface area contributed by atoms with Gasteiger partial charge in [-0.25, -0.2) is 9.18 Å². The first kappa shape index (κ1) is 21.4. The Morgan fingerprint density at radius 3 is 2.46 bits per heavy atom. The van der Waals surface area contributed by atoms with Gasteiger partial charge >= 0.3 is 5.69 Å². The van der Waals surface area contributed by atoms with Crippen LogP contribution in [0.5, 0.6) is 0 Å². The van der Waals surface area contributed by atoms with E-state index < -0.39 is 23.0 Å². The van der Waals surface area contributed by atoms with Crippen LogP contribution in [0, 0.1) is 5.82 Å². The van der Waals surface area contributed by atoms with Gasteiger partial charge in [0.05, 0.1) is 5.56 Å². The minimum absolute atomic E-state index is 0.0802. The van der Waals surface area contributed by atoms with E-state index in [9.17, 15) is 18.8 Å². The maximum Gasteiger partial charge on any atom is 0.330 e. The van der Waals surface area contributed by atoms with Gasteiger partial charge in [-0.15, -0.1) is 0 Å². The van der Waals surface area contributed by atoms with Crippen molar-refractivity contribution in [3.05, 3.63) is 56.5 Å². The number of unbranched alkanes of at least 4 members (excludes halogenated alkanes) is 3. The summed E-state index contributed by atoms with van der Waals surface area (Å²) in [5, 5.41) is 0. The number of aromatic nitrogens is 2. The molecule has 0 fully saturated rings. The molecule has 2 aromatic rings. The summed E-state index contributed by atoms with van der Waals surface area (Å²) >= 11 is 0. The highest BCUT2D eigenvalue weighted by atomic mass is 19.1. The van der Waals surface area contributed by atoms with Gasteiger partial charge in [0.25, 0.3) is 11.5 Å². The Morgan fingerprint density at radius 1 is 1.14 bits per heavy atom. The molecule has 1 amide bonds. The first-order valence-electron chi connectivity index (χ1n) is 9.61. The number of nitrogens with zero attached hydrogens (tertiary/aromatic N) is 2. The zero-order valence-corrected chi connectivity index (χ0v) is 16.3. The van der Waals surface area contributed by atoms with Crippen LogP contribution in [0.3, 0.4) is 0 Å². The third-order valence-electron chi connectivity index (χ3n) is 4.55. The summed E-state index contributed by atoms with van der Waals surface area (Å²) in [6.45, 7) is 4.49.